The lowest BCUT2D eigenvalue weighted by Crippen LogP contribution is -2.47. The molecule has 0 saturated heterocycles. The van der Waals surface area contributed by atoms with Gasteiger partial charge in [0.25, 0.3) is 0 Å². The molecule has 0 aliphatic heterocycles. The first-order valence-electron chi connectivity index (χ1n) is 11.5. The first kappa shape index (κ1) is 21.3. The minimum atomic E-state index is -1.95. The van der Waals surface area contributed by atoms with Crippen molar-refractivity contribution in [2.24, 2.45) is 0 Å². The fourth-order valence-corrected chi connectivity index (χ4v) is 8.96. The summed E-state index contributed by atoms with van der Waals surface area (Å²) in [6.07, 6.45) is 36.4. The van der Waals surface area contributed by atoms with Gasteiger partial charge in [0.15, 0.2) is 0 Å². The molecular weight excluding hydrogens is 388 g/mol. The van der Waals surface area contributed by atoms with Gasteiger partial charge >= 0.3 is 0 Å². The summed E-state index contributed by atoms with van der Waals surface area (Å²) >= 11 is 0. The number of hydrogen-bond acceptors (Lipinski definition) is 0. The van der Waals surface area contributed by atoms with E-state index in [1.807, 2.05) is 6.08 Å². The van der Waals surface area contributed by atoms with Crippen LogP contribution in [0.2, 0.25) is 13.1 Å². The summed E-state index contributed by atoms with van der Waals surface area (Å²) in [6, 6.07) is 0. The molecule has 0 atom stereocenters. The lowest BCUT2D eigenvalue weighted by atomic mass is 9.83. The summed E-state index contributed by atoms with van der Waals surface area (Å²) < 4.78 is 0. The second kappa shape index (κ2) is 8.74. The molecule has 0 heterocycles. The van der Waals surface area contributed by atoms with Gasteiger partial charge in [-0.25, -0.2) is 0 Å². The van der Waals surface area contributed by atoms with Crippen LogP contribution in [-0.4, -0.2) is 8.07 Å². The van der Waals surface area contributed by atoms with E-state index in [9.17, 15) is 0 Å². The maximum atomic E-state index is 3.88. The number of rotatable bonds is 7. The van der Waals surface area contributed by atoms with Crippen molar-refractivity contribution in [2.75, 3.05) is 0 Å². The smallest absolute Gasteiger partial charge is 0.0643 e. The zero-order valence-corrected chi connectivity index (χ0v) is 19.6. The van der Waals surface area contributed by atoms with E-state index in [0.717, 1.165) is 12.8 Å². The molecule has 31 heavy (non-hydrogen) atoms. The van der Waals surface area contributed by atoms with Crippen LogP contribution in [0.4, 0.5) is 0 Å². The third-order valence-corrected chi connectivity index (χ3v) is 10.5. The van der Waals surface area contributed by atoms with E-state index in [4.69, 9.17) is 0 Å². The zero-order chi connectivity index (χ0) is 21.4. The van der Waals surface area contributed by atoms with E-state index < -0.39 is 8.07 Å². The maximum absolute atomic E-state index is 3.88. The molecule has 0 amide bonds. The summed E-state index contributed by atoms with van der Waals surface area (Å²) in [5, 5.41) is 0. The molecular formula is C30H30Si. The molecule has 0 aromatic carbocycles. The Morgan fingerprint density at radius 1 is 0.677 bits per heavy atom. The van der Waals surface area contributed by atoms with E-state index in [1.54, 1.807) is 11.1 Å². The van der Waals surface area contributed by atoms with Crippen LogP contribution in [0.25, 0.3) is 0 Å². The summed E-state index contributed by atoms with van der Waals surface area (Å²) in [7, 11) is -1.95. The highest BCUT2D eigenvalue weighted by Crippen LogP contribution is 2.65. The van der Waals surface area contributed by atoms with Crippen molar-refractivity contribution < 1.29 is 0 Å². The molecule has 2 fully saturated rings. The van der Waals surface area contributed by atoms with E-state index >= 15 is 0 Å². The number of allylic oxidation sites excluding steroid dienone is 13. The molecule has 0 N–H and O–H groups in total. The third kappa shape index (κ3) is 3.67. The Kier molecular flexibility index (Phi) is 5.99. The second-order valence-electron chi connectivity index (χ2n) is 9.25. The molecule has 0 spiro atoms. The van der Waals surface area contributed by atoms with Crippen molar-refractivity contribution in [3.8, 4) is 0 Å². The first-order chi connectivity index (χ1) is 15.1. The van der Waals surface area contributed by atoms with Crippen LogP contribution < -0.4 is 0 Å². The van der Waals surface area contributed by atoms with Crippen LogP contribution in [0, 0.1) is 58.9 Å². The SMILES string of the molecule is C=CCCCC[C]1[CH][C]([Si](C)(C)[C]2[C]3C=CC=C[C]3[C]3C=CC=C[C]32)[C]2C=CC=C[C]12. The van der Waals surface area contributed by atoms with Gasteiger partial charge in [0.1, 0.15) is 0 Å². The Hall–Kier alpha value is -1.60. The molecule has 5 rings (SSSR count). The lowest BCUT2D eigenvalue weighted by Gasteiger charge is -2.42. The molecule has 0 unspecified atom stereocenters. The van der Waals surface area contributed by atoms with Gasteiger partial charge in [0, 0.05) is 35.5 Å². The van der Waals surface area contributed by atoms with E-state index in [-0.39, 0.29) is 0 Å². The van der Waals surface area contributed by atoms with Gasteiger partial charge in [0.2, 0.25) is 0 Å². The van der Waals surface area contributed by atoms with Crippen molar-refractivity contribution in [3.05, 3.63) is 144 Å². The lowest BCUT2D eigenvalue weighted by molar-refractivity contribution is 0.709. The largest absolute Gasteiger partial charge is 0.103 e. The molecule has 0 bridgehead atoms. The molecule has 2 saturated carbocycles. The fourth-order valence-electron chi connectivity index (χ4n) is 5.48. The van der Waals surface area contributed by atoms with Gasteiger partial charge in [0.05, 0.1) is 8.07 Å². The Labute approximate surface area is 191 Å². The van der Waals surface area contributed by atoms with Crippen molar-refractivity contribution in [3.63, 3.8) is 0 Å². The molecule has 0 nitrogen and oxygen atoms in total. The fraction of sp³-hybridized carbons (Fsp3) is 0.200. The van der Waals surface area contributed by atoms with Gasteiger partial charge in [-0.05, 0) is 42.7 Å². The molecule has 0 aromatic rings. The van der Waals surface area contributed by atoms with Gasteiger partial charge in [-0.2, -0.15) is 0 Å². The Balaban J connectivity index is 1.42. The van der Waals surface area contributed by atoms with Gasteiger partial charge in [-0.15, -0.1) is 6.58 Å². The van der Waals surface area contributed by atoms with Crippen molar-refractivity contribution >= 4 is 8.07 Å². The molecule has 0 aromatic heterocycles. The Morgan fingerprint density at radius 3 is 1.77 bits per heavy atom. The molecule has 154 valence electrons. The monoisotopic (exact) mass is 418 g/mol. The van der Waals surface area contributed by atoms with E-state index in [0.29, 0.717) is 0 Å². The maximum Gasteiger partial charge on any atom is 0.0643 e. The summed E-state index contributed by atoms with van der Waals surface area (Å²) in [5.41, 5.74) is 3.18. The first-order valence-corrected chi connectivity index (χ1v) is 14.5. The molecule has 5 aliphatic rings. The highest BCUT2D eigenvalue weighted by molar-refractivity contribution is 6.90. The average Bonchev–Trinajstić information content (AvgIpc) is 3.34. The number of hydrogen-bond donors (Lipinski definition) is 0. The number of unbranched alkanes of at least 4 members (excludes halogenated alkanes) is 2. The average molecular weight is 419 g/mol. The predicted octanol–water partition coefficient (Wildman–Crippen LogP) is 7.30. The van der Waals surface area contributed by atoms with Crippen LogP contribution in [-0.2, 0) is 0 Å². The van der Waals surface area contributed by atoms with Crippen LogP contribution >= 0.6 is 0 Å². The predicted molar refractivity (Wildman–Crippen MR) is 134 cm³/mol. The standard InChI is InChI=1S/C30H30Si/c1-4-5-6-7-14-22-21-29(26-18-11-8-15-23(22)26)31(2,3)30-27-19-12-9-16-24(27)25-17-10-13-20-28(25)30/h4,8-13,15-21H,1,5-7,14H2,2-3H3. The normalized spacial score (nSPS) is 26.3. The topological polar surface area (TPSA) is 0 Å². The van der Waals surface area contributed by atoms with E-state index in [2.05, 4.69) is 99.0 Å². The Morgan fingerprint density at radius 2 is 1.19 bits per heavy atom. The zero-order valence-electron chi connectivity index (χ0n) is 18.6. The van der Waals surface area contributed by atoms with Gasteiger partial charge < -0.3 is 0 Å². The van der Waals surface area contributed by atoms with E-state index in [1.165, 1.54) is 54.3 Å². The number of fused-ring (bicyclic) bond motifs is 4. The van der Waals surface area contributed by atoms with Crippen molar-refractivity contribution in [2.45, 2.75) is 38.8 Å². The quantitative estimate of drug-likeness (QED) is 0.231. The second-order valence-corrected chi connectivity index (χ2v) is 13.5. The highest BCUT2D eigenvalue weighted by atomic mass is 28.3. The summed E-state index contributed by atoms with van der Waals surface area (Å²) in [6.45, 7) is 8.97. The van der Waals surface area contributed by atoms with Crippen molar-refractivity contribution in [1.29, 1.82) is 0 Å². The minimum absolute atomic E-state index is 1.11. The molecule has 10 radical (unpaired) electrons. The summed E-state index contributed by atoms with van der Waals surface area (Å²) in [4.78, 5) is 0. The Bertz CT molecular complexity index is 816. The van der Waals surface area contributed by atoms with Crippen LogP contribution in [0.3, 0.4) is 0 Å². The van der Waals surface area contributed by atoms with Crippen LogP contribution in [0.1, 0.15) is 25.7 Å². The van der Waals surface area contributed by atoms with Crippen molar-refractivity contribution in [1.82, 2.24) is 0 Å². The van der Waals surface area contributed by atoms with Crippen LogP contribution in [0.15, 0.2) is 85.6 Å². The summed E-state index contributed by atoms with van der Waals surface area (Å²) in [5.74, 6) is 10.1. The highest BCUT2D eigenvalue weighted by Gasteiger charge is 2.60. The molecule has 1 heteroatoms. The van der Waals surface area contributed by atoms with Gasteiger partial charge in [-0.3, -0.25) is 0 Å². The van der Waals surface area contributed by atoms with Gasteiger partial charge in [-0.1, -0.05) is 98.5 Å². The molecule has 5 aliphatic carbocycles. The minimum Gasteiger partial charge on any atom is -0.103 e. The third-order valence-electron chi connectivity index (χ3n) is 6.97. The van der Waals surface area contributed by atoms with Crippen LogP contribution in [0.5, 0.6) is 0 Å².